The van der Waals surface area contributed by atoms with Gasteiger partial charge in [-0.3, -0.25) is 10.1 Å². The molecule has 0 aliphatic carbocycles. The number of rotatable bonds is 2. The number of amides is 1. The van der Waals surface area contributed by atoms with E-state index in [9.17, 15) is 4.79 Å². The van der Waals surface area contributed by atoms with Gasteiger partial charge < -0.3 is 4.74 Å². The zero-order valence-corrected chi connectivity index (χ0v) is 5.46. The molecule has 0 aromatic carbocycles. The van der Waals surface area contributed by atoms with E-state index in [1.54, 1.807) is 7.11 Å². The lowest BCUT2D eigenvalue weighted by Crippen LogP contribution is -2.17. The first-order valence-corrected chi connectivity index (χ1v) is 3.05. The van der Waals surface area contributed by atoms with Crippen molar-refractivity contribution in [2.45, 2.75) is 6.42 Å². The summed E-state index contributed by atoms with van der Waals surface area (Å²) in [7, 11) is 1.60. The minimum Gasteiger partial charge on any atom is -0.384 e. The van der Waals surface area contributed by atoms with E-state index in [4.69, 9.17) is 4.74 Å². The summed E-state index contributed by atoms with van der Waals surface area (Å²) in [4.78, 5) is 10.7. The van der Waals surface area contributed by atoms with Gasteiger partial charge >= 0.3 is 0 Å². The maximum Gasteiger partial charge on any atom is 0.246 e. The van der Waals surface area contributed by atoms with E-state index in [2.05, 4.69) is 5.32 Å². The number of carbonyl (C=O) groups is 1. The van der Waals surface area contributed by atoms with Gasteiger partial charge in [0.1, 0.15) is 0 Å². The molecule has 0 N–H and O–H groups in total. The predicted octanol–water partition coefficient (Wildman–Crippen LogP) is -0.216. The van der Waals surface area contributed by atoms with Crippen LogP contribution in [0.25, 0.3) is 0 Å². The molecule has 0 aromatic rings. The smallest absolute Gasteiger partial charge is 0.246 e. The minimum absolute atomic E-state index is 0.0110. The first-order chi connectivity index (χ1) is 4.34. The zero-order valence-electron chi connectivity index (χ0n) is 5.46. The molecule has 0 aromatic heterocycles. The van der Waals surface area contributed by atoms with E-state index in [1.165, 1.54) is 0 Å². The Labute approximate surface area is 54.4 Å². The van der Waals surface area contributed by atoms with Crippen molar-refractivity contribution in [2.24, 2.45) is 5.92 Å². The van der Waals surface area contributed by atoms with E-state index in [0.717, 1.165) is 6.42 Å². The summed E-state index contributed by atoms with van der Waals surface area (Å²) < 4.78 is 4.82. The fourth-order valence-electron chi connectivity index (χ4n) is 0.939. The highest BCUT2D eigenvalue weighted by Crippen LogP contribution is 2.09. The summed E-state index contributed by atoms with van der Waals surface area (Å²) in [6.45, 7) is 1.22. The number of ether oxygens (including phenoxy) is 1. The Hall–Kier alpha value is -0.570. The average molecular weight is 128 g/mol. The second-order valence-electron chi connectivity index (χ2n) is 2.16. The van der Waals surface area contributed by atoms with Gasteiger partial charge in [0.05, 0.1) is 12.5 Å². The number of methoxy groups -OCH3 is 1. The van der Waals surface area contributed by atoms with Crippen LogP contribution in [-0.2, 0) is 9.53 Å². The lowest BCUT2D eigenvalue weighted by Gasteiger charge is -2.01. The van der Waals surface area contributed by atoms with Gasteiger partial charge in [-0.15, -0.1) is 0 Å². The Bertz CT molecular complexity index is 114. The summed E-state index contributed by atoms with van der Waals surface area (Å²) in [5, 5.41) is 3.72. The lowest BCUT2D eigenvalue weighted by molar-refractivity contribution is -0.124. The second-order valence-corrected chi connectivity index (χ2v) is 2.16. The summed E-state index contributed by atoms with van der Waals surface area (Å²) >= 11 is 0. The molecule has 1 saturated heterocycles. The van der Waals surface area contributed by atoms with Gasteiger partial charge in [0.2, 0.25) is 5.91 Å². The quantitative estimate of drug-likeness (QED) is 0.516. The summed E-state index contributed by atoms with van der Waals surface area (Å²) in [5.74, 6) is 0.0619. The summed E-state index contributed by atoms with van der Waals surface area (Å²) in [6, 6.07) is 0. The highest BCUT2D eigenvalue weighted by molar-refractivity contribution is 5.80. The fourth-order valence-corrected chi connectivity index (χ4v) is 0.939. The van der Waals surface area contributed by atoms with Crippen molar-refractivity contribution >= 4 is 5.91 Å². The van der Waals surface area contributed by atoms with Crippen molar-refractivity contribution in [1.29, 1.82) is 0 Å². The van der Waals surface area contributed by atoms with E-state index in [1.807, 2.05) is 0 Å². The standard InChI is InChI=1S/C6H10NO2/c1-9-4-5-2-3-7-6(5)8/h5H,2-4H2,1H3. The average Bonchev–Trinajstić information content (AvgIpc) is 2.18. The third kappa shape index (κ3) is 1.42. The summed E-state index contributed by atoms with van der Waals surface area (Å²) in [5.41, 5.74) is 0. The molecule has 1 fully saturated rings. The van der Waals surface area contributed by atoms with Crippen LogP contribution >= 0.6 is 0 Å². The molecular weight excluding hydrogens is 118 g/mol. The van der Waals surface area contributed by atoms with Gasteiger partial charge in [0, 0.05) is 13.7 Å². The molecule has 1 atom stereocenters. The first kappa shape index (κ1) is 6.55. The van der Waals surface area contributed by atoms with Gasteiger partial charge in [0.25, 0.3) is 0 Å². The van der Waals surface area contributed by atoms with Crippen LogP contribution in [0.1, 0.15) is 6.42 Å². The molecule has 1 unspecified atom stereocenters. The Morgan fingerprint density at radius 1 is 1.89 bits per heavy atom. The topological polar surface area (TPSA) is 40.4 Å². The van der Waals surface area contributed by atoms with E-state index >= 15 is 0 Å². The molecule has 1 heterocycles. The number of hydrogen-bond acceptors (Lipinski definition) is 2. The normalized spacial score (nSPS) is 26.3. The molecular formula is C6H10NO2. The van der Waals surface area contributed by atoms with Crippen LogP contribution in [0.3, 0.4) is 0 Å². The Kier molecular flexibility index (Phi) is 2.05. The Morgan fingerprint density at radius 2 is 2.67 bits per heavy atom. The van der Waals surface area contributed by atoms with Gasteiger partial charge in [0.15, 0.2) is 0 Å². The van der Waals surface area contributed by atoms with Crippen molar-refractivity contribution < 1.29 is 9.53 Å². The van der Waals surface area contributed by atoms with Crippen molar-refractivity contribution in [1.82, 2.24) is 5.32 Å². The van der Waals surface area contributed by atoms with Gasteiger partial charge in [-0.25, -0.2) is 0 Å². The Morgan fingerprint density at radius 3 is 3.11 bits per heavy atom. The van der Waals surface area contributed by atoms with Crippen molar-refractivity contribution in [3.8, 4) is 0 Å². The third-order valence-corrected chi connectivity index (χ3v) is 1.46. The SMILES string of the molecule is COCC1CC[N]C1=O. The third-order valence-electron chi connectivity index (χ3n) is 1.46. The number of hydrogen-bond donors (Lipinski definition) is 0. The number of carbonyl (C=O) groups excluding carboxylic acids is 1. The molecule has 3 heteroatoms. The number of nitrogens with zero attached hydrogens (tertiary/aromatic N) is 1. The van der Waals surface area contributed by atoms with Crippen LogP contribution in [0.5, 0.6) is 0 Å². The van der Waals surface area contributed by atoms with Gasteiger partial charge in [-0.1, -0.05) is 0 Å². The predicted molar refractivity (Wildman–Crippen MR) is 32.0 cm³/mol. The van der Waals surface area contributed by atoms with Crippen LogP contribution in [-0.4, -0.2) is 26.2 Å². The molecule has 1 aliphatic heterocycles. The lowest BCUT2D eigenvalue weighted by atomic mass is 10.1. The van der Waals surface area contributed by atoms with Crippen LogP contribution in [0.4, 0.5) is 0 Å². The van der Waals surface area contributed by atoms with Crippen LogP contribution < -0.4 is 5.32 Å². The van der Waals surface area contributed by atoms with Crippen molar-refractivity contribution in [2.75, 3.05) is 20.3 Å². The fraction of sp³-hybridized carbons (Fsp3) is 0.833. The highest BCUT2D eigenvalue weighted by Gasteiger charge is 2.24. The van der Waals surface area contributed by atoms with Crippen LogP contribution in [0, 0.1) is 5.92 Å². The molecule has 0 saturated carbocycles. The maximum atomic E-state index is 10.7. The maximum absolute atomic E-state index is 10.7. The Balaban J connectivity index is 2.31. The minimum atomic E-state index is 0.0110. The van der Waals surface area contributed by atoms with Gasteiger partial charge in [-0.2, -0.15) is 0 Å². The van der Waals surface area contributed by atoms with Crippen LogP contribution in [0.2, 0.25) is 0 Å². The molecule has 1 amide bonds. The van der Waals surface area contributed by atoms with E-state index in [-0.39, 0.29) is 11.8 Å². The largest absolute Gasteiger partial charge is 0.384 e. The first-order valence-electron chi connectivity index (χ1n) is 3.05. The highest BCUT2D eigenvalue weighted by atomic mass is 16.5. The molecule has 51 valence electrons. The van der Waals surface area contributed by atoms with E-state index in [0.29, 0.717) is 13.2 Å². The molecule has 0 spiro atoms. The molecule has 1 aliphatic rings. The molecule has 1 rings (SSSR count). The summed E-state index contributed by atoms with van der Waals surface area (Å²) in [6.07, 6.45) is 0.868. The monoisotopic (exact) mass is 128 g/mol. The molecule has 3 nitrogen and oxygen atoms in total. The molecule has 1 radical (unpaired) electrons. The van der Waals surface area contributed by atoms with Crippen molar-refractivity contribution in [3.05, 3.63) is 0 Å². The molecule has 9 heavy (non-hydrogen) atoms. The van der Waals surface area contributed by atoms with Crippen molar-refractivity contribution in [3.63, 3.8) is 0 Å². The second kappa shape index (κ2) is 2.82. The van der Waals surface area contributed by atoms with E-state index < -0.39 is 0 Å². The van der Waals surface area contributed by atoms with Gasteiger partial charge in [-0.05, 0) is 6.42 Å². The zero-order chi connectivity index (χ0) is 6.69. The molecule has 0 bridgehead atoms. The van der Waals surface area contributed by atoms with Crippen LogP contribution in [0.15, 0.2) is 0 Å².